The molecule has 2 aromatic rings. The molecule has 1 atom stereocenters. The highest BCUT2D eigenvalue weighted by atomic mass is 19.4. The second-order valence-electron chi connectivity index (χ2n) is 7.21. The van der Waals surface area contributed by atoms with Crippen LogP contribution in [0.2, 0.25) is 0 Å². The van der Waals surface area contributed by atoms with Crippen molar-refractivity contribution in [3.63, 3.8) is 0 Å². The maximum atomic E-state index is 12.8. The minimum absolute atomic E-state index is 0.212. The summed E-state index contributed by atoms with van der Waals surface area (Å²) in [7, 11) is 0. The lowest BCUT2D eigenvalue weighted by molar-refractivity contribution is -0.137. The third-order valence-corrected chi connectivity index (χ3v) is 5.25. The fourth-order valence-electron chi connectivity index (χ4n) is 3.69. The van der Waals surface area contributed by atoms with E-state index in [-0.39, 0.29) is 11.7 Å². The van der Waals surface area contributed by atoms with Crippen molar-refractivity contribution >= 4 is 11.4 Å². The molecule has 2 nitrogen and oxygen atoms in total. The van der Waals surface area contributed by atoms with Crippen molar-refractivity contribution in [1.82, 2.24) is 0 Å². The molecule has 0 bridgehead atoms. The molecule has 0 unspecified atom stereocenters. The monoisotopic (exact) mass is 400 g/mol. The predicted octanol–water partition coefficient (Wildman–Crippen LogP) is 6.53. The van der Waals surface area contributed by atoms with E-state index in [0.29, 0.717) is 29.6 Å². The van der Waals surface area contributed by atoms with Crippen LogP contribution < -0.4 is 0 Å². The molecular weight excluding hydrogens is 377 g/mol. The molecule has 0 heterocycles. The Labute approximate surface area is 168 Å². The summed E-state index contributed by atoms with van der Waals surface area (Å²) in [6, 6.07) is 14.6. The van der Waals surface area contributed by atoms with Gasteiger partial charge in [0.15, 0.2) is 5.76 Å². The van der Waals surface area contributed by atoms with E-state index in [1.54, 1.807) is 0 Å². The van der Waals surface area contributed by atoms with Crippen LogP contribution in [0.3, 0.4) is 0 Å². The average molecular weight is 400 g/mol. The van der Waals surface area contributed by atoms with Gasteiger partial charge in [-0.25, -0.2) is 0 Å². The van der Waals surface area contributed by atoms with Crippen molar-refractivity contribution in [2.75, 3.05) is 0 Å². The van der Waals surface area contributed by atoms with Crippen LogP contribution in [0.25, 0.3) is 5.57 Å². The van der Waals surface area contributed by atoms with Crippen molar-refractivity contribution in [3.05, 3.63) is 88.7 Å². The van der Waals surface area contributed by atoms with Gasteiger partial charge in [0.2, 0.25) is 5.78 Å². The number of hydrogen-bond acceptors (Lipinski definition) is 2. The van der Waals surface area contributed by atoms with Gasteiger partial charge in [-0.1, -0.05) is 55.5 Å². The lowest BCUT2D eigenvalue weighted by atomic mass is 9.80. The average Bonchev–Trinajstić information content (AvgIpc) is 2.71. The van der Waals surface area contributed by atoms with Crippen molar-refractivity contribution in [2.24, 2.45) is 5.92 Å². The molecular formula is C24H23F3O2. The number of Topliss-reactive ketones (excluding diaryl/α,β-unsaturated/α-hetero) is 1. The first-order valence-electron chi connectivity index (χ1n) is 9.71. The molecule has 5 heteroatoms. The van der Waals surface area contributed by atoms with E-state index in [2.05, 4.69) is 0 Å². The summed E-state index contributed by atoms with van der Waals surface area (Å²) < 4.78 is 38.4. The standard InChI is InChI=1S/C24H23F3O2/c1-2-17-15-19(10-6-9-16-7-4-3-5-8-16)22(28)23(29)21(17)18-11-13-20(14-12-18)24(25,26)27/h3-5,7-8,11-15,17,29H,2,6,9-10H2,1H3/t17-/m1/s1. The number of hydrogen-bond donors (Lipinski definition) is 1. The largest absolute Gasteiger partial charge is 0.504 e. The third kappa shape index (κ3) is 4.78. The minimum Gasteiger partial charge on any atom is -0.504 e. The van der Waals surface area contributed by atoms with Gasteiger partial charge >= 0.3 is 6.18 Å². The highest BCUT2D eigenvalue weighted by Crippen LogP contribution is 2.38. The summed E-state index contributed by atoms with van der Waals surface area (Å²) in [4.78, 5) is 12.7. The highest BCUT2D eigenvalue weighted by Gasteiger charge is 2.32. The van der Waals surface area contributed by atoms with Crippen LogP contribution in [-0.2, 0) is 17.4 Å². The Hall–Kier alpha value is -2.82. The fourth-order valence-corrected chi connectivity index (χ4v) is 3.69. The number of aliphatic hydroxyl groups excluding tert-OH is 1. The van der Waals surface area contributed by atoms with Crippen LogP contribution in [-0.4, -0.2) is 10.9 Å². The molecule has 1 aliphatic rings. The lowest BCUT2D eigenvalue weighted by Crippen LogP contribution is -2.19. The number of carbonyl (C=O) groups excluding carboxylic acids is 1. The Morgan fingerprint density at radius 2 is 1.62 bits per heavy atom. The van der Waals surface area contributed by atoms with Crippen LogP contribution in [0.5, 0.6) is 0 Å². The molecule has 152 valence electrons. The van der Waals surface area contributed by atoms with Gasteiger partial charge in [-0.2, -0.15) is 13.2 Å². The third-order valence-electron chi connectivity index (χ3n) is 5.25. The molecule has 0 amide bonds. The topological polar surface area (TPSA) is 37.3 Å². The molecule has 29 heavy (non-hydrogen) atoms. The molecule has 0 radical (unpaired) electrons. The number of alkyl halides is 3. The van der Waals surface area contributed by atoms with E-state index in [9.17, 15) is 23.1 Å². The first-order chi connectivity index (χ1) is 13.8. The molecule has 3 rings (SSSR count). The summed E-state index contributed by atoms with van der Waals surface area (Å²) in [5, 5.41) is 10.6. The second-order valence-corrected chi connectivity index (χ2v) is 7.21. The van der Waals surface area contributed by atoms with Crippen LogP contribution >= 0.6 is 0 Å². The zero-order valence-electron chi connectivity index (χ0n) is 16.2. The van der Waals surface area contributed by atoms with Crippen molar-refractivity contribution in [2.45, 2.75) is 38.8 Å². The van der Waals surface area contributed by atoms with Gasteiger partial charge in [0, 0.05) is 17.1 Å². The SMILES string of the molecule is CC[C@@H]1C=C(CCCc2ccccc2)C(=O)C(O)=C1c1ccc(C(F)(F)F)cc1. The van der Waals surface area contributed by atoms with Crippen LogP contribution in [0.1, 0.15) is 42.9 Å². The summed E-state index contributed by atoms with van der Waals surface area (Å²) >= 11 is 0. The normalized spacial score (nSPS) is 17.4. The fraction of sp³-hybridized carbons (Fsp3) is 0.292. The zero-order valence-corrected chi connectivity index (χ0v) is 16.2. The van der Waals surface area contributed by atoms with E-state index in [1.165, 1.54) is 17.7 Å². The predicted molar refractivity (Wildman–Crippen MR) is 107 cm³/mol. The molecule has 1 aliphatic carbocycles. The van der Waals surface area contributed by atoms with Gasteiger partial charge in [0.05, 0.1) is 5.56 Å². The Kier molecular flexibility index (Phi) is 6.26. The summed E-state index contributed by atoms with van der Waals surface area (Å²) in [5.41, 5.74) is 1.84. The Bertz CT molecular complexity index is 923. The second kappa shape index (κ2) is 8.68. The number of aliphatic hydroxyl groups is 1. The number of ketones is 1. The van der Waals surface area contributed by atoms with Crippen LogP contribution in [0.4, 0.5) is 13.2 Å². The van der Waals surface area contributed by atoms with Gasteiger partial charge in [-0.05, 0) is 48.9 Å². The first-order valence-corrected chi connectivity index (χ1v) is 9.71. The van der Waals surface area contributed by atoms with E-state index in [1.807, 2.05) is 43.3 Å². The molecule has 2 aromatic carbocycles. The van der Waals surface area contributed by atoms with Crippen molar-refractivity contribution in [3.8, 4) is 0 Å². The molecule has 0 spiro atoms. The summed E-state index contributed by atoms with van der Waals surface area (Å²) in [6.07, 6.45) is 0.233. The Balaban J connectivity index is 1.77. The van der Waals surface area contributed by atoms with E-state index in [0.717, 1.165) is 25.0 Å². The number of allylic oxidation sites excluding steroid dienone is 3. The number of rotatable bonds is 6. The summed E-state index contributed by atoms with van der Waals surface area (Å²) in [5.74, 6) is -0.998. The number of aryl methyl sites for hydroxylation is 1. The number of benzene rings is 2. The molecule has 0 saturated carbocycles. The lowest BCUT2D eigenvalue weighted by Gasteiger charge is -2.24. The van der Waals surface area contributed by atoms with Gasteiger partial charge in [-0.15, -0.1) is 0 Å². The van der Waals surface area contributed by atoms with E-state index >= 15 is 0 Å². The zero-order chi connectivity index (χ0) is 21.0. The Morgan fingerprint density at radius 1 is 0.966 bits per heavy atom. The van der Waals surface area contributed by atoms with Crippen LogP contribution in [0, 0.1) is 5.92 Å². The van der Waals surface area contributed by atoms with Crippen LogP contribution in [0.15, 0.2) is 72.0 Å². The minimum atomic E-state index is -4.42. The smallest absolute Gasteiger partial charge is 0.416 e. The van der Waals surface area contributed by atoms with Gasteiger partial charge in [0.25, 0.3) is 0 Å². The van der Waals surface area contributed by atoms with E-state index in [4.69, 9.17) is 0 Å². The first kappa shape index (κ1) is 20.9. The van der Waals surface area contributed by atoms with E-state index < -0.39 is 17.5 Å². The van der Waals surface area contributed by atoms with Gasteiger partial charge < -0.3 is 5.11 Å². The number of halogens is 3. The summed E-state index contributed by atoms with van der Waals surface area (Å²) in [6.45, 7) is 1.93. The van der Waals surface area contributed by atoms with Gasteiger partial charge in [-0.3, -0.25) is 4.79 Å². The number of carbonyl (C=O) groups is 1. The quantitative estimate of drug-likeness (QED) is 0.598. The molecule has 0 fully saturated rings. The maximum absolute atomic E-state index is 12.8. The Morgan fingerprint density at radius 3 is 2.21 bits per heavy atom. The highest BCUT2D eigenvalue weighted by molar-refractivity contribution is 6.13. The molecule has 0 saturated heterocycles. The molecule has 0 aromatic heterocycles. The van der Waals surface area contributed by atoms with Crippen molar-refractivity contribution in [1.29, 1.82) is 0 Å². The van der Waals surface area contributed by atoms with Crippen molar-refractivity contribution < 1.29 is 23.1 Å². The molecule has 0 aliphatic heterocycles. The van der Waals surface area contributed by atoms with Gasteiger partial charge in [0.1, 0.15) is 0 Å². The molecule has 1 N–H and O–H groups in total. The maximum Gasteiger partial charge on any atom is 0.416 e.